The molecule has 17 heavy (non-hydrogen) atoms. The van der Waals surface area contributed by atoms with Gasteiger partial charge < -0.3 is 4.74 Å². The van der Waals surface area contributed by atoms with Gasteiger partial charge in [0.25, 0.3) is 0 Å². The molecule has 0 aliphatic carbocycles. The zero-order valence-electron chi connectivity index (χ0n) is 10.9. The van der Waals surface area contributed by atoms with Gasteiger partial charge in [0.15, 0.2) is 0 Å². The average Bonchev–Trinajstić information content (AvgIpc) is 2.30. The Morgan fingerprint density at radius 1 is 1.29 bits per heavy atom. The van der Waals surface area contributed by atoms with Gasteiger partial charge in [-0.15, -0.1) is 0 Å². The standard InChI is InChI=1S/C15H23NO/c1-13(2)10-15-12-16(8-9-17-15)11-14-6-4-3-5-7-14/h3-7,13,15H,8-12H2,1-2H3. The molecule has 1 aromatic carbocycles. The fourth-order valence-electron chi connectivity index (χ4n) is 2.43. The quantitative estimate of drug-likeness (QED) is 0.793. The second kappa shape index (κ2) is 6.18. The third kappa shape index (κ3) is 4.14. The molecule has 0 radical (unpaired) electrons. The predicted octanol–water partition coefficient (Wildman–Crippen LogP) is 2.93. The molecule has 0 spiro atoms. The van der Waals surface area contributed by atoms with E-state index in [0.717, 1.165) is 32.2 Å². The van der Waals surface area contributed by atoms with Gasteiger partial charge in [-0.3, -0.25) is 4.90 Å². The lowest BCUT2D eigenvalue weighted by atomic mass is 10.0. The van der Waals surface area contributed by atoms with Crippen LogP contribution in [0.3, 0.4) is 0 Å². The van der Waals surface area contributed by atoms with Gasteiger partial charge in [0, 0.05) is 19.6 Å². The zero-order chi connectivity index (χ0) is 12.1. The summed E-state index contributed by atoms with van der Waals surface area (Å²) in [6, 6.07) is 10.7. The highest BCUT2D eigenvalue weighted by molar-refractivity contribution is 5.14. The third-order valence-electron chi connectivity index (χ3n) is 3.21. The molecule has 1 aliphatic rings. The number of hydrogen-bond donors (Lipinski definition) is 0. The van der Waals surface area contributed by atoms with Crippen LogP contribution in [0, 0.1) is 5.92 Å². The molecule has 1 heterocycles. The van der Waals surface area contributed by atoms with E-state index in [0.29, 0.717) is 6.10 Å². The van der Waals surface area contributed by atoms with Crippen molar-refractivity contribution in [3.8, 4) is 0 Å². The van der Waals surface area contributed by atoms with Crippen molar-refractivity contribution in [2.75, 3.05) is 19.7 Å². The minimum atomic E-state index is 0.424. The van der Waals surface area contributed by atoms with Crippen LogP contribution in [0.25, 0.3) is 0 Å². The van der Waals surface area contributed by atoms with E-state index in [1.165, 1.54) is 12.0 Å². The summed E-state index contributed by atoms with van der Waals surface area (Å²) in [6.45, 7) is 8.60. The molecule has 2 heteroatoms. The maximum atomic E-state index is 5.82. The van der Waals surface area contributed by atoms with E-state index in [1.54, 1.807) is 0 Å². The van der Waals surface area contributed by atoms with Crippen LogP contribution >= 0.6 is 0 Å². The number of rotatable bonds is 4. The van der Waals surface area contributed by atoms with Gasteiger partial charge in [-0.1, -0.05) is 44.2 Å². The second-order valence-corrected chi connectivity index (χ2v) is 5.34. The highest BCUT2D eigenvalue weighted by Gasteiger charge is 2.20. The monoisotopic (exact) mass is 233 g/mol. The highest BCUT2D eigenvalue weighted by atomic mass is 16.5. The number of hydrogen-bond acceptors (Lipinski definition) is 2. The topological polar surface area (TPSA) is 12.5 Å². The first-order valence-corrected chi connectivity index (χ1v) is 6.62. The van der Waals surface area contributed by atoms with Crippen molar-refractivity contribution >= 4 is 0 Å². The average molecular weight is 233 g/mol. The summed E-state index contributed by atoms with van der Waals surface area (Å²) in [6.07, 6.45) is 1.60. The summed E-state index contributed by atoms with van der Waals surface area (Å²) in [4.78, 5) is 2.51. The molecule has 0 saturated carbocycles. The first kappa shape index (κ1) is 12.6. The van der Waals surface area contributed by atoms with Gasteiger partial charge in [0.05, 0.1) is 12.7 Å². The van der Waals surface area contributed by atoms with Crippen molar-refractivity contribution in [1.29, 1.82) is 0 Å². The Morgan fingerprint density at radius 3 is 2.76 bits per heavy atom. The van der Waals surface area contributed by atoms with Gasteiger partial charge in [-0.2, -0.15) is 0 Å². The molecule has 94 valence electrons. The van der Waals surface area contributed by atoms with E-state index >= 15 is 0 Å². The molecule has 0 N–H and O–H groups in total. The van der Waals surface area contributed by atoms with E-state index in [4.69, 9.17) is 4.74 Å². The van der Waals surface area contributed by atoms with Crippen molar-refractivity contribution < 1.29 is 4.74 Å². The molecule has 1 aliphatic heterocycles. The van der Waals surface area contributed by atoms with Gasteiger partial charge in [-0.25, -0.2) is 0 Å². The summed E-state index contributed by atoms with van der Waals surface area (Å²) in [5.74, 6) is 0.719. The van der Waals surface area contributed by atoms with E-state index < -0.39 is 0 Å². The largest absolute Gasteiger partial charge is 0.376 e. The zero-order valence-corrected chi connectivity index (χ0v) is 10.9. The molecule has 1 aromatic rings. The summed E-state index contributed by atoms with van der Waals surface area (Å²) in [7, 11) is 0. The Morgan fingerprint density at radius 2 is 2.06 bits per heavy atom. The van der Waals surface area contributed by atoms with Crippen LogP contribution < -0.4 is 0 Å². The Labute approximate surface area is 105 Å². The third-order valence-corrected chi connectivity index (χ3v) is 3.21. The smallest absolute Gasteiger partial charge is 0.0705 e. The number of benzene rings is 1. The minimum Gasteiger partial charge on any atom is -0.376 e. The molecule has 2 rings (SSSR count). The Hall–Kier alpha value is -0.860. The lowest BCUT2D eigenvalue weighted by Gasteiger charge is -2.33. The Bertz CT molecular complexity index is 323. The summed E-state index contributed by atoms with van der Waals surface area (Å²) in [5.41, 5.74) is 1.40. The van der Waals surface area contributed by atoms with Crippen molar-refractivity contribution in [2.24, 2.45) is 5.92 Å². The predicted molar refractivity (Wildman–Crippen MR) is 70.9 cm³/mol. The van der Waals surface area contributed by atoms with E-state index in [9.17, 15) is 0 Å². The lowest BCUT2D eigenvalue weighted by Crippen LogP contribution is -2.42. The minimum absolute atomic E-state index is 0.424. The van der Waals surface area contributed by atoms with Crippen LogP contribution in [0.2, 0.25) is 0 Å². The van der Waals surface area contributed by atoms with Crippen LogP contribution in [0.5, 0.6) is 0 Å². The summed E-state index contributed by atoms with van der Waals surface area (Å²) >= 11 is 0. The molecule has 1 unspecified atom stereocenters. The Balaban J connectivity index is 1.85. The fourth-order valence-corrected chi connectivity index (χ4v) is 2.43. The van der Waals surface area contributed by atoms with Crippen molar-refractivity contribution in [1.82, 2.24) is 4.90 Å². The first-order chi connectivity index (χ1) is 8.24. The van der Waals surface area contributed by atoms with E-state index in [-0.39, 0.29) is 0 Å². The second-order valence-electron chi connectivity index (χ2n) is 5.34. The van der Waals surface area contributed by atoms with Crippen molar-refractivity contribution in [3.63, 3.8) is 0 Å². The van der Waals surface area contributed by atoms with E-state index in [2.05, 4.69) is 49.1 Å². The molecular weight excluding hydrogens is 210 g/mol. The summed E-state index contributed by atoms with van der Waals surface area (Å²) < 4.78 is 5.82. The van der Waals surface area contributed by atoms with Gasteiger partial charge in [0.2, 0.25) is 0 Å². The van der Waals surface area contributed by atoms with Crippen LogP contribution in [0.4, 0.5) is 0 Å². The number of morpholine rings is 1. The Kier molecular flexibility index (Phi) is 4.57. The van der Waals surface area contributed by atoms with Crippen LogP contribution in [-0.4, -0.2) is 30.7 Å². The molecule has 1 fully saturated rings. The van der Waals surface area contributed by atoms with Gasteiger partial charge in [-0.05, 0) is 17.9 Å². The fraction of sp³-hybridized carbons (Fsp3) is 0.600. The maximum absolute atomic E-state index is 5.82. The van der Waals surface area contributed by atoms with Crippen molar-refractivity contribution in [2.45, 2.75) is 32.9 Å². The maximum Gasteiger partial charge on any atom is 0.0705 e. The van der Waals surface area contributed by atoms with Crippen LogP contribution in [0.15, 0.2) is 30.3 Å². The molecule has 0 aromatic heterocycles. The normalized spacial score (nSPS) is 21.9. The van der Waals surface area contributed by atoms with Crippen molar-refractivity contribution in [3.05, 3.63) is 35.9 Å². The molecule has 2 nitrogen and oxygen atoms in total. The summed E-state index contributed by atoms with van der Waals surface area (Å²) in [5, 5.41) is 0. The van der Waals surface area contributed by atoms with Gasteiger partial charge >= 0.3 is 0 Å². The molecular formula is C15H23NO. The van der Waals surface area contributed by atoms with Crippen LogP contribution in [-0.2, 0) is 11.3 Å². The number of nitrogens with zero attached hydrogens (tertiary/aromatic N) is 1. The van der Waals surface area contributed by atoms with Gasteiger partial charge in [0.1, 0.15) is 0 Å². The van der Waals surface area contributed by atoms with E-state index in [1.807, 2.05) is 0 Å². The molecule has 1 atom stereocenters. The van der Waals surface area contributed by atoms with Crippen LogP contribution in [0.1, 0.15) is 25.8 Å². The SMILES string of the molecule is CC(C)CC1CN(Cc2ccccc2)CCO1. The lowest BCUT2D eigenvalue weighted by molar-refractivity contribution is -0.0399. The number of ether oxygens (including phenoxy) is 1. The molecule has 0 bridgehead atoms. The first-order valence-electron chi connectivity index (χ1n) is 6.62. The molecule has 1 saturated heterocycles. The molecule has 0 amide bonds. The highest BCUT2D eigenvalue weighted by Crippen LogP contribution is 2.15.